The van der Waals surface area contributed by atoms with Crippen LogP contribution in [0.15, 0.2) is 43.7 Å². The minimum atomic E-state index is -0.417. The van der Waals surface area contributed by atoms with Crippen LogP contribution in [0.4, 0.5) is 0 Å². The van der Waals surface area contributed by atoms with Gasteiger partial charge in [0.15, 0.2) is 12.3 Å². The highest BCUT2D eigenvalue weighted by Gasteiger charge is 2.38. The van der Waals surface area contributed by atoms with Gasteiger partial charge < -0.3 is 14.5 Å². The van der Waals surface area contributed by atoms with Gasteiger partial charge in [0.2, 0.25) is 0 Å². The molecule has 1 aliphatic heterocycles. The zero-order chi connectivity index (χ0) is 18.6. The zero-order valence-corrected chi connectivity index (χ0v) is 14.4. The number of rotatable bonds is 8. The second kappa shape index (κ2) is 7.40. The van der Waals surface area contributed by atoms with Gasteiger partial charge in [-0.15, -0.1) is 12.3 Å². The molecule has 26 heavy (non-hydrogen) atoms. The number of terminal acetylenes is 1. The number of nitrogens with zero attached hydrogens (tertiary/aromatic N) is 2. The summed E-state index contributed by atoms with van der Waals surface area (Å²) in [6, 6.07) is 6.57. The Labute approximate surface area is 150 Å². The van der Waals surface area contributed by atoms with E-state index in [2.05, 4.69) is 21.5 Å². The monoisotopic (exact) mass is 353 g/mol. The van der Waals surface area contributed by atoms with Gasteiger partial charge >= 0.3 is 5.63 Å². The third-order valence-corrected chi connectivity index (χ3v) is 4.19. The minimum absolute atomic E-state index is 0.132. The molecule has 2 aromatic rings. The molecular weight excluding hydrogens is 334 g/mol. The van der Waals surface area contributed by atoms with E-state index >= 15 is 0 Å². The summed E-state index contributed by atoms with van der Waals surface area (Å²) >= 11 is 0. The van der Waals surface area contributed by atoms with Crippen molar-refractivity contribution < 1.29 is 13.9 Å². The second-order valence-corrected chi connectivity index (χ2v) is 6.18. The first-order valence-electron chi connectivity index (χ1n) is 8.33. The average Bonchev–Trinajstić information content (AvgIpc) is 3.38. The number of benzene rings is 1. The Kier molecular flexibility index (Phi) is 5.03. The number of ether oxygens (including phenoxy) is 1. The van der Waals surface area contributed by atoms with Gasteiger partial charge in [-0.2, -0.15) is 10.2 Å². The van der Waals surface area contributed by atoms with Crippen molar-refractivity contribution in [1.82, 2.24) is 5.32 Å². The average molecular weight is 353 g/mol. The lowest BCUT2D eigenvalue weighted by atomic mass is 10.0. The summed E-state index contributed by atoms with van der Waals surface area (Å²) in [6.45, 7) is 2.15. The number of aryl methyl sites for hydroxylation is 1. The Morgan fingerprint density at radius 1 is 1.35 bits per heavy atom. The minimum Gasteiger partial charge on any atom is -0.484 e. The number of hydrogen-bond acceptors (Lipinski definition) is 6. The molecule has 1 aromatic carbocycles. The van der Waals surface area contributed by atoms with Crippen molar-refractivity contribution in [2.45, 2.75) is 31.8 Å². The van der Waals surface area contributed by atoms with Crippen molar-refractivity contribution in [1.29, 1.82) is 0 Å². The van der Waals surface area contributed by atoms with Gasteiger partial charge in [0, 0.05) is 43.3 Å². The fraction of sp³-hybridized carbons (Fsp3) is 0.368. The highest BCUT2D eigenvalue weighted by atomic mass is 16.5. The molecule has 0 unspecified atom stereocenters. The van der Waals surface area contributed by atoms with E-state index in [1.54, 1.807) is 18.2 Å². The summed E-state index contributed by atoms with van der Waals surface area (Å²) in [5.74, 6) is 2.78. The van der Waals surface area contributed by atoms with Gasteiger partial charge in [0.1, 0.15) is 11.3 Å². The molecule has 1 aromatic heterocycles. The molecule has 1 aliphatic rings. The van der Waals surface area contributed by atoms with Gasteiger partial charge in [0.25, 0.3) is 5.91 Å². The lowest BCUT2D eigenvalue weighted by Crippen LogP contribution is -2.32. The third kappa shape index (κ3) is 4.28. The van der Waals surface area contributed by atoms with Gasteiger partial charge in [-0.1, -0.05) is 0 Å². The van der Waals surface area contributed by atoms with E-state index in [0.29, 0.717) is 37.1 Å². The Hall–Kier alpha value is -3.14. The van der Waals surface area contributed by atoms with Gasteiger partial charge in [-0.3, -0.25) is 4.79 Å². The van der Waals surface area contributed by atoms with Crippen molar-refractivity contribution in [3.8, 4) is 18.1 Å². The van der Waals surface area contributed by atoms with Crippen LogP contribution in [0.3, 0.4) is 0 Å². The zero-order valence-electron chi connectivity index (χ0n) is 14.4. The van der Waals surface area contributed by atoms with E-state index in [4.69, 9.17) is 15.6 Å². The summed E-state index contributed by atoms with van der Waals surface area (Å²) < 4.78 is 10.6. The number of hydrogen-bond donors (Lipinski definition) is 1. The van der Waals surface area contributed by atoms with Gasteiger partial charge in [-0.05, 0) is 24.6 Å². The Morgan fingerprint density at radius 3 is 2.88 bits per heavy atom. The van der Waals surface area contributed by atoms with Crippen LogP contribution in [0.2, 0.25) is 0 Å². The largest absolute Gasteiger partial charge is 0.484 e. The normalized spacial score (nSPS) is 14.0. The van der Waals surface area contributed by atoms with E-state index < -0.39 is 11.3 Å². The molecule has 0 spiro atoms. The molecule has 0 radical (unpaired) electrons. The highest BCUT2D eigenvalue weighted by Crippen LogP contribution is 2.36. The molecule has 7 nitrogen and oxygen atoms in total. The standard InChI is InChI=1S/C19H19N3O4/c1-3-4-7-19(21-22-19)8-9-20-17(23)12-25-14-5-6-15-13(2)10-18(24)26-16(15)11-14/h1,5-6,10-11H,4,7-9,12H2,2H3,(H,20,23). The van der Waals surface area contributed by atoms with Crippen LogP contribution in [0, 0.1) is 19.3 Å². The first kappa shape index (κ1) is 17.7. The molecule has 7 heteroatoms. The predicted octanol–water partition coefficient (Wildman–Crippen LogP) is 2.56. The Morgan fingerprint density at radius 2 is 2.15 bits per heavy atom. The second-order valence-electron chi connectivity index (χ2n) is 6.18. The molecule has 0 saturated carbocycles. The van der Waals surface area contributed by atoms with E-state index in [-0.39, 0.29) is 12.5 Å². The van der Waals surface area contributed by atoms with Crippen LogP contribution in [-0.2, 0) is 4.79 Å². The summed E-state index contributed by atoms with van der Waals surface area (Å²) in [6.07, 6.45) is 7.19. The van der Waals surface area contributed by atoms with Gasteiger partial charge in [-0.25, -0.2) is 4.79 Å². The van der Waals surface area contributed by atoms with Crippen LogP contribution in [0.5, 0.6) is 5.75 Å². The van der Waals surface area contributed by atoms with E-state index in [9.17, 15) is 9.59 Å². The lowest BCUT2D eigenvalue weighted by Gasteiger charge is -2.11. The molecule has 1 amide bonds. The highest BCUT2D eigenvalue weighted by molar-refractivity contribution is 5.81. The summed E-state index contributed by atoms with van der Waals surface area (Å²) in [5.41, 5.74) is 0.434. The molecule has 0 fully saturated rings. The fourth-order valence-electron chi connectivity index (χ4n) is 2.67. The van der Waals surface area contributed by atoms with Crippen LogP contribution >= 0.6 is 0 Å². The molecule has 1 N–H and O–H groups in total. The van der Waals surface area contributed by atoms with Crippen molar-refractivity contribution in [3.63, 3.8) is 0 Å². The van der Waals surface area contributed by atoms with Gasteiger partial charge in [0.05, 0.1) is 0 Å². The van der Waals surface area contributed by atoms with Crippen molar-refractivity contribution in [2.24, 2.45) is 10.2 Å². The quantitative estimate of drug-likeness (QED) is 0.583. The number of carbonyl (C=O) groups is 1. The van der Waals surface area contributed by atoms with Crippen LogP contribution < -0.4 is 15.7 Å². The van der Waals surface area contributed by atoms with Crippen molar-refractivity contribution in [3.05, 3.63) is 40.2 Å². The first-order valence-corrected chi connectivity index (χ1v) is 8.33. The molecule has 0 aliphatic carbocycles. The van der Waals surface area contributed by atoms with E-state index in [1.165, 1.54) is 6.07 Å². The predicted molar refractivity (Wildman–Crippen MR) is 96.0 cm³/mol. The number of carbonyl (C=O) groups excluding carboxylic acids is 1. The molecule has 0 bridgehead atoms. The third-order valence-electron chi connectivity index (χ3n) is 4.19. The maximum atomic E-state index is 11.9. The summed E-state index contributed by atoms with van der Waals surface area (Å²) in [7, 11) is 0. The molecule has 134 valence electrons. The van der Waals surface area contributed by atoms with Crippen LogP contribution in [0.25, 0.3) is 11.0 Å². The Bertz CT molecular complexity index is 949. The van der Waals surface area contributed by atoms with Crippen LogP contribution in [-0.4, -0.2) is 24.7 Å². The van der Waals surface area contributed by atoms with Crippen molar-refractivity contribution >= 4 is 16.9 Å². The Balaban J connectivity index is 1.48. The van der Waals surface area contributed by atoms with E-state index in [1.807, 2.05) is 6.92 Å². The maximum Gasteiger partial charge on any atom is 0.336 e. The molecule has 0 atom stereocenters. The number of fused-ring (bicyclic) bond motifs is 1. The number of nitrogens with one attached hydrogen (secondary N) is 1. The molecule has 3 rings (SSSR count). The summed E-state index contributed by atoms with van der Waals surface area (Å²) in [4.78, 5) is 23.4. The van der Waals surface area contributed by atoms with E-state index in [0.717, 1.165) is 10.9 Å². The first-order chi connectivity index (χ1) is 12.5. The topological polar surface area (TPSA) is 93.3 Å². The fourth-order valence-corrected chi connectivity index (χ4v) is 2.67. The lowest BCUT2D eigenvalue weighted by molar-refractivity contribution is -0.123. The summed E-state index contributed by atoms with van der Waals surface area (Å²) in [5, 5.41) is 11.6. The molecular formula is C19H19N3O4. The molecule has 2 heterocycles. The SMILES string of the molecule is C#CCCC1(CCNC(=O)COc2ccc3c(C)cc(=O)oc3c2)N=N1. The molecule has 0 saturated heterocycles. The maximum absolute atomic E-state index is 11.9. The number of amides is 1. The smallest absolute Gasteiger partial charge is 0.336 e. The van der Waals surface area contributed by atoms with Crippen LogP contribution in [0.1, 0.15) is 24.8 Å². The van der Waals surface area contributed by atoms with Crippen molar-refractivity contribution in [2.75, 3.05) is 13.2 Å².